The Morgan fingerprint density at radius 1 is 0.800 bits per heavy atom. The molecule has 3 rings (SSSR count). The van der Waals surface area contributed by atoms with E-state index in [9.17, 15) is 4.79 Å². The van der Waals surface area contributed by atoms with Crippen LogP contribution in [-0.2, 0) is 12.8 Å². The molecular weight excluding hydrogens is 370 g/mol. The molecule has 154 valence electrons. The van der Waals surface area contributed by atoms with E-state index in [0.29, 0.717) is 11.4 Å². The van der Waals surface area contributed by atoms with Gasteiger partial charge in [-0.15, -0.1) is 0 Å². The molecule has 1 aromatic heterocycles. The monoisotopic (exact) mass is 399 g/mol. The van der Waals surface area contributed by atoms with Gasteiger partial charge in [-0.3, -0.25) is 0 Å². The van der Waals surface area contributed by atoms with Crippen LogP contribution in [0, 0.1) is 0 Å². The van der Waals surface area contributed by atoms with Crippen molar-refractivity contribution < 1.29 is 9.53 Å². The van der Waals surface area contributed by atoms with Crippen LogP contribution in [0.3, 0.4) is 0 Å². The second kappa shape index (κ2) is 11.1. The molecule has 3 nitrogen and oxygen atoms in total. The zero-order valence-electron chi connectivity index (χ0n) is 17.8. The Kier molecular flexibility index (Phi) is 7.96. The minimum Gasteiger partial charge on any atom is -0.422 e. The molecule has 0 radical (unpaired) electrons. The number of hydrogen-bond acceptors (Lipinski definition) is 3. The van der Waals surface area contributed by atoms with Gasteiger partial charge in [-0.05, 0) is 59.7 Å². The number of ether oxygens (including phenoxy) is 1. The minimum atomic E-state index is -0.448. The zero-order chi connectivity index (χ0) is 21.2. The van der Waals surface area contributed by atoms with E-state index < -0.39 is 5.97 Å². The Bertz CT molecular complexity index is 955. The summed E-state index contributed by atoms with van der Waals surface area (Å²) < 4.78 is 5.42. The van der Waals surface area contributed by atoms with Crippen molar-refractivity contribution in [2.45, 2.75) is 46.0 Å². The van der Waals surface area contributed by atoms with Crippen molar-refractivity contribution in [3.8, 4) is 5.75 Å². The highest BCUT2D eigenvalue weighted by atomic mass is 16.5. The second-order valence-corrected chi connectivity index (χ2v) is 7.44. The second-order valence-electron chi connectivity index (χ2n) is 7.44. The van der Waals surface area contributed by atoms with Crippen molar-refractivity contribution in [3.63, 3.8) is 0 Å². The number of nitrogens with zero attached hydrogens (tertiary/aromatic N) is 1. The summed E-state index contributed by atoms with van der Waals surface area (Å²) >= 11 is 0. The SMILES string of the molecule is CCCCc1ccc(/C=C/c2ccc(C(=O)Oc3ccc(CCC)cc3)nc2)cc1. The van der Waals surface area contributed by atoms with Crippen molar-refractivity contribution in [3.05, 3.63) is 94.8 Å². The molecule has 0 fully saturated rings. The summed E-state index contributed by atoms with van der Waals surface area (Å²) in [6.45, 7) is 4.35. The van der Waals surface area contributed by atoms with Crippen LogP contribution in [0.25, 0.3) is 12.2 Å². The Morgan fingerprint density at radius 3 is 2.07 bits per heavy atom. The first-order valence-corrected chi connectivity index (χ1v) is 10.7. The van der Waals surface area contributed by atoms with E-state index in [4.69, 9.17) is 4.74 Å². The molecule has 30 heavy (non-hydrogen) atoms. The van der Waals surface area contributed by atoms with Crippen LogP contribution in [0.2, 0.25) is 0 Å². The highest BCUT2D eigenvalue weighted by molar-refractivity contribution is 5.89. The van der Waals surface area contributed by atoms with E-state index >= 15 is 0 Å². The zero-order valence-corrected chi connectivity index (χ0v) is 17.8. The predicted octanol–water partition coefficient (Wildman–Crippen LogP) is 6.77. The Hall–Kier alpha value is -3.20. The summed E-state index contributed by atoms with van der Waals surface area (Å²) in [5, 5.41) is 0. The largest absolute Gasteiger partial charge is 0.422 e. The first-order chi connectivity index (χ1) is 14.7. The fourth-order valence-electron chi connectivity index (χ4n) is 3.17. The number of benzene rings is 2. The van der Waals surface area contributed by atoms with Crippen molar-refractivity contribution >= 4 is 18.1 Å². The maximum absolute atomic E-state index is 12.3. The number of unbranched alkanes of at least 4 members (excludes halogenated alkanes) is 1. The quantitative estimate of drug-likeness (QED) is 0.294. The maximum atomic E-state index is 12.3. The topological polar surface area (TPSA) is 39.2 Å². The molecule has 0 saturated carbocycles. The average Bonchev–Trinajstić information content (AvgIpc) is 2.79. The number of pyridine rings is 1. The number of carbonyl (C=O) groups excluding carboxylic acids is 1. The van der Waals surface area contributed by atoms with E-state index in [-0.39, 0.29) is 0 Å². The third-order valence-electron chi connectivity index (χ3n) is 4.94. The lowest BCUT2D eigenvalue weighted by Crippen LogP contribution is -2.10. The molecule has 0 spiro atoms. The standard InChI is InChI=1S/C27H29NO2/c1-3-5-7-22-8-10-23(11-9-22)12-13-24-16-19-26(28-20-24)27(29)30-25-17-14-21(6-4-2)15-18-25/h8-20H,3-7H2,1-2H3/b13-12+. The van der Waals surface area contributed by atoms with Gasteiger partial charge in [0.15, 0.2) is 0 Å². The van der Waals surface area contributed by atoms with Gasteiger partial charge >= 0.3 is 5.97 Å². The molecule has 1 heterocycles. The molecule has 0 unspecified atom stereocenters. The van der Waals surface area contributed by atoms with Crippen LogP contribution in [0.1, 0.15) is 65.9 Å². The molecule has 0 saturated heterocycles. The molecule has 3 heteroatoms. The highest BCUT2D eigenvalue weighted by Gasteiger charge is 2.10. The molecular formula is C27H29NO2. The Labute approximate surface area is 179 Å². The van der Waals surface area contributed by atoms with Gasteiger partial charge in [0.2, 0.25) is 0 Å². The lowest BCUT2D eigenvalue weighted by Gasteiger charge is -2.05. The summed E-state index contributed by atoms with van der Waals surface area (Å²) in [5.74, 6) is 0.0875. The molecule has 3 aromatic rings. The van der Waals surface area contributed by atoms with Gasteiger partial charge in [0.25, 0.3) is 0 Å². The van der Waals surface area contributed by atoms with Gasteiger partial charge in [-0.25, -0.2) is 9.78 Å². The Morgan fingerprint density at radius 2 is 1.43 bits per heavy atom. The lowest BCUT2D eigenvalue weighted by atomic mass is 10.1. The van der Waals surface area contributed by atoms with E-state index in [1.54, 1.807) is 12.3 Å². The highest BCUT2D eigenvalue weighted by Crippen LogP contribution is 2.16. The maximum Gasteiger partial charge on any atom is 0.362 e. The van der Waals surface area contributed by atoms with Crippen LogP contribution in [0.15, 0.2) is 66.9 Å². The van der Waals surface area contributed by atoms with Gasteiger partial charge in [0.05, 0.1) is 0 Å². The van der Waals surface area contributed by atoms with Gasteiger partial charge < -0.3 is 4.74 Å². The van der Waals surface area contributed by atoms with Crippen molar-refractivity contribution in [2.75, 3.05) is 0 Å². The van der Waals surface area contributed by atoms with Crippen LogP contribution in [0.5, 0.6) is 5.75 Å². The van der Waals surface area contributed by atoms with Crippen LogP contribution in [-0.4, -0.2) is 11.0 Å². The predicted molar refractivity (Wildman–Crippen MR) is 124 cm³/mol. The summed E-state index contributed by atoms with van der Waals surface area (Å²) in [6.07, 6.45) is 11.4. The molecule has 0 bridgehead atoms. The third-order valence-corrected chi connectivity index (χ3v) is 4.94. The van der Waals surface area contributed by atoms with Gasteiger partial charge in [0.1, 0.15) is 11.4 Å². The van der Waals surface area contributed by atoms with Gasteiger partial charge in [-0.1, -0.05) is 81.3 Å². The molecule has 0 atom stereocenters. The molecule has 2 aromatic carbocycles. The molecule has 0 aliphatic rings. The number of esters is 1. The summed E-state index contributed by atoms with van der Waals surface area (Å²) in [5.41, 5.74) is 4.99. The molecule has 0 N–H and O–H groups in total. The van der Waals surface area contributed by atoms with Crippen LogP contribution >= 0.6 is 0 Å². The Balaban J connectivity index is 1.57. The first-order valence-electron chi connectivity index (χ1n) is 10.7. The average molecular weight is 400 g/mol. The molecule has 0 amide bonds. The summed E-state index contributed by atoms with van der Waals surface area (Å²) in [7, 11) is 0. The minimum absolute atomic E-state index is 0.296. The van der Waals surface area contributed by atoms with E-state index in [0.717, 1.165) is 30.4 Å². The first kappa shape index (κ1) is 21.5. The third kappa shape index (κ3) is 6.41. The van der Waals surface area contributed by atoms with E-state index in [2.05, 4.69) is 49.2 Å². The normalized spacial score (nSPS) is 11.0. The van der Waals surface area contributed by atoms with Gasteiger partial charge in [-0.2, -0.15) is 0 Å². The number of hydrogen-bond donors (Lipinski definition) is 0. The van der Waals surface area contributed by atoms with Crippen molar-refractivity contribution in [1.82, 2.24) is 4.98 Å². The lowest BCUT2D eigenvalue weighted by molar-refractivity contribution is 0.0728. The van der Waals surface area contributed by atoms with Gasteiger partial charge in [0, 0.05) is 6.20 Å². The van der Waals surface area contributed by atoms with E-state index in [1.807, 2.05) is 36.4 Å². The summed E-state index contributed by atoms with van der Waals surface area (Å²) in [6, 6.07) is 19.8. The fourth-order valence-corrected chi connectivity index (χ4v) is 3.17. The van der Waals surface area contributed by atoms with Crippen molar-refractivity contribution in [2.24, 2.45) is 0 Å². The van der Waals surface area contributed by atoms with Crippen LogP contribution < -0.4 is 4.74 Å². The smallest absolute Gasteiger partial charge is 0.362 e. The van der Waals surface area contributed by atoms with Crippen molar-refractivity contribution in [1.29, 1.82) is 0 Å². The van der Waals surface area contributed by atoms with E-state index in [1.165, 1.54) is 24.0 Å². The number of aryl methyl sites for hydroxylation is 2. The summed E-state index contributed by atoms with van der Waals surface area (Å²) in [4.78, 5) is 16.6. The number of carbonyl (C=O) groups is 1. The number of aromatic nitrogens is 1. The van der Waals surface area contributed by atoms with Crippen LogP contribution in [0.4, 0.5) is 0 Å². The molecule has 0 aliphatic carbocycles. The number of rotatable bonds is 9. The fraction of sp³-hybridized carbons (Fsp3) is 0.259. The molecule has 0 aliphatic heterocycles.